The highest BCUT2D eigenvalue weighted by molar-refractivity contribution is 7.89. The van der Waals surface area contributed by atoms with E-state index in [4.69, 9.17) is 4.74 Å². The van der Waals surface area contributed by atoms with E-state index in [0.717, 1.165) is 16.8 Å². The van der Waals surface area contributed by atoms with Gasteiger partial charge in [-0.05, 0) is 42.5 Å². The molecule has 0 aliphatic carbocycles. The number of carbonyl (C=O) groups is 1. The van der Waals surface area contributed by atoms with Crippen molar-refractivity contribution < 1.29 is 17.9 Å². The Kier molecular flexibility index (Phi) is 4.86. The van der Waals surface area contributed by atoms with E-state index < -0.39 is 10.0 Å². The molecule has 1 aromatic heterocycles. The minimum absolute atomic E-state index is 0.128. The molecule has 0 spiro atoms. The van der Waals surface area contributed by atoms with Crippen LogP contribution in [0.4, 0.5) is 11.5 Å². The summed E-state index contributed by atoms with van der Waals surface area (Å²) < 4.78 is 34.1. The average molecular weight is 444 g/mol. The number of carbonyl (C=O) groups excluding carboxylic acids is 1. The van der Waals surface area contributed by atoms with Crippen molar-refractivity contribution in [2.45, 2.75) is 36.7 Å². The van der Waals surface area contributed by atoms with Crippen molar-refractivity contribution in [2.75, 3.05) is 43.5 Å². The van der Waals surface area contributed by atoms with Crippen LogP contribution in [0.15, 0.2) is 29.4 Å². The summed E-state index contributed by atoms with van der Waals surface area (Å²) in [7, 11) is 0.103. The Balaban J connectivity index is 1.35. The Morgan fingerprint density at radius 1 is 1.10 bits per heavy atom. The van der Waals surface area contributed by atoms with Gasteiger partial charge in [0.2, 0.25) is 21.8 Å². The number of sulfonamides is 1. The second-order valence-electron chi connectivity index (χ2n) is 8.39. The lowest BCUT2D eigenvalue weighted by atomic mass is 10.00. The van der Waals surface area contributed by atoms with Crippen molar-refractivity contribution in [2.24, 2.45) is 0 Å². The van der Waals surface area contributed by atoms with E-state index in [1.54, 1.807) is 29.4 Å². The molecule has 2 aromatic rings. The molecule has 1 atom stereocenters. The van der Waals surface area contributed by atoms with Gasteiger partial charge in [0.25, 0.3) is 0 Å². The second-order valence-corrected chi connectivity index (χ2v) is 10.3. The molecule has 31 heavy (non-hydrogen) atoms. The fourth-order valence-electron chi connectivity index (χ4n) is 4.52. The second kappa shape index (κ2) is 7.45. The van der Waals surface area contributed by atoms with Crippen LogP contribution in [0.2, 0.25) is 0 Å². The zero-order valence-electron chi connectivity index (χ0n) is 17.6. The summed E-state index contributed by atoms with van der Waals surface area (Å²) in [4.78, 5) is 24.6. The maximum Gasteiger partial charge on any atom is 0.243 e. The third kappa shape index (κ3) is 3.53. The van der Waals surface area contributed by atoms with Gasteiger partial charge in [0, 0.05) is 33.6 Å². The van der Waals surface area contributed by atoms with Gasteiger partial charge in [0.05, 0.1) is 29.5 Å². The Morgan fingerprint density at radius 3 is 2.65 bits per heavy atom. The first-order valence-electron chi connectivity index (χ1n) is 10.5. The standard InChI is InChI=1S/C21H25N5O4S/c1-24(2)18-11-22-12-19(23-18)30-16-6-7-25(13-16)31(28,29)17-9-14-3-4-20(27)26-8-5-15(10-17)21(14)26/h9-12,16H,3-8,13H2,1-2H3. The topological polar surface area (TPSA) is 95.9 Å². The fourth-order valence-corrected chi connectivity index (χ4v) is 6.11. The van der Waals surface area contributed by atoms with Gasteiger partial charge in [-0.1, -0.05) is 0 Å². The van der Waals surface area contributed by atoms with Gasteiger partial charge in [-0.3, -0.25) is 9.78 Å². The molecule has 4 heterocycles. The number of aryl methyl sites for hydroxylation is 1. The minimum atomic E-state index is -3.64. The van der Waals surface area contributed by atoms with Crippen molar-refractivity contribution in [3.8, 4) is 5.88 Å². The first kappa shape index (κ1) is 20.2. The number of amides is 1. The third-order valence-electron chi connectivity index (χ3n) is 6.12. The molecule has 3 aliphatic rings. The molecule has 1 amide bonds. The monoisotopic (exact) mass is 443 g/mol. The van der Waals surface area contributed by atoms with Crippen molar-refractivity contribution in [3.63, 3.8) is 0 Å². The molecule has 0 N–H and O–H groups in total. The number of ether oxygens (including phenoxy) is 1. The molecule has 5 rings (SSSR count). The minimum Gasteiger partial charge on any atom is -0.472 e. The van der Waals surface area contributed by atoms with E-state index in [9.17, 15) is 13.2 Å². The molecule has 9 nitrogen and oxygen atoms in total. The van der Waals surface area contributed by atoms with Crippen LogP contribution in [0.3, 0.4) is 0 Å². The quantitative estimate of drug-likeness (QED) is 0.686. The van der Waals surface area contributed by atoms with Gasteiger partial charge in [0.15, 0.2) is 5.82 Å². The summed E-state index contributed by atoms with van der Waals surface area (Å²) >= 11 is 0. The summed E-state index contributed by atoms with van der Waals surface area (Å²) in [6.45, 7) is 1.30. The van der Waals surface area contributed by atoms with Crippen molar-refractivity contribution in [3.05, 3.63) is 35.7 Å². The molecule has 1 unspecified atom stereocenters. The van der Waals surface area contributed by atoms with E-state index in [2.05, 4.69) is 9.97 Å². The Hall–Kier alpha value is -2.72. The molecular formula is C21H25N5O4S. The summed E-state index contributed by atoms with van der Waals surface area (Å²) in [5.41, 5.74) is 2.83. The Labute approximate surface area is 181 Å². The van der Waals surface area contributed by atoms with E-state index in [1.807, 2.05) is 19.0 Å². The summed E-state index contributed by atoms with van der Waals surface area (Å²) in [5, 5.41) is 0. The highest BCUT2D eigenvalue weighted by Crippen LogP contribution is 2.39. The van der Waals surface area contributed by atoms with Crippen LogP contribution < -0.4 is 14.5 Å². The molecule has 1 saturated heterocycles. The van der Waals surface area contributed by atoms with Crippen LogP contribution in [-0.4, -0.2) is 68.4 Å². The van der Waals surface area contributed by atoms with Gasteiger partial charge < -0.3 is 14.5 Å². The van der Waals surface area contributed by atoms with Crippen LogP contribution in [-0.2, 0) is 27.7 Å². The lowest BCUT2D eigenvalue weighted by Crippen LogP contribution is -2.33. The molecule has 3 aliphatic heterocycles. The molecule has 1 fully saturated rings. The van der Waals surface area contributed by atoms with Crippen molar-refractivity contribution in [1.29, 1.82) is 0 Å². The van der Waals surface area contributed by atoms with E-state index in [0.29, 0.717) is 55.4 Å². The maximum absolute atomic E-state index is 13.4. The van der Waals surface area contributed by atoms with Gasteiger partial charge >= 0.3 is 0 Å². The maximum atomic E-state index is 13.4. The molecular weight excluding hydrogens is 418 g/mol. The SMILES string of the molecule is CN(C)c1cncc(OC2CCN(S(=O)(=O)c3cc4c5c(c3)CCN5C(=O)CC4)C2)n1. The van der Waals surface area contributed by atoms with Crippen LogP contribution in [0.1, 0.15) is 24.0 Å². The zero-order chi connectivity index (χ0) is 21.8. The van der Waals surface area contributed by atoms with E-state index in [-0.39, 0.29) is 18.6 Å². The fraction of sp³-hybridized carbons (Fsp3) is 0.476. The predicted molar refractivity (Wildman–Crippen MR) is 115 cm³/mol. The summed E-state index contributed by atoms with van der Waals surface area (Å²) in [6, 6.07) is 3.49. The predicted octanol–water partition coefficient (Wildman–Crippen LogP) is 1.22. The smallest absolute Gasteiger partial charge is 0.243 e. The molecule has 10 heteroatoms. The number of nitrogens with zero attached hydrogens (tertiary/aromatic N) is 5. The number of anilines is 2. The summed E-state index contributed by atoms with van der Waals surface area (Å²) in [5.74, 6) is 1.20. The molecule has 164 valence electrons. The van der Waals surface area contributed by atoms with Gasteiger partial charge in [-0.25, -0.2) is 8.42 Å². The number of benzene rings is 1. The largest absolute Gasteiger partial charge is 0.472 e. The molecule has 0 bridgehead atoms. The van der Waals surface area contributed by atoms with Crippen molar-refractivity contribution >= 4 is 27.4 Å². The van der Waals surface area contributed by atoms with Crippen LogP contribution in [0.5, 0.6) is 5.88 Å². The van der Waals surface area contributed by atoms with E-state index >= 15 is 0 Å². The average Bonchev–Trinajstić information content (AvgIpc) is 3.39. The lowest BCUT2D eigenvalue weighted by molar-refractivity contribution is -0.118. The Morgan fingerprint density at radius 2 is 1.87 bits per heavy atom. The van der Waals surface area contributed by atoms with Crippen molar-refractivity contribution in [1.82, 2.24) is 14.3 Å². The number of rotatable bonds is 5. The van der Waals surface area contributed by atoms with Gasteiger partial charge in [-0.15, -0.1) is 0 Å². The molecule has 1 aromatic carbocycles. The lowest BCUT2D eigenvalue weighted by Gasteiger charge is -2.26. The highest BCUT2D eigenvalue weighted by Gasteiger charge is 2.37. The number of aromatic nitrogens is 2. The first-order valence-corrected chi connectivity index (χ1v) is 11.9. The zero-order valence-corrected chi connectivity index (χ0v) is 18.4. The van der Waals surface area contributed by atoms with Crippen LogP contribution in [0.25, 0.3) is 0 Å². The molecule has 0 saturated carbocycles. The number of hydrogen-bond donors (Lipinski definition) is 0. The number of hydrogen-bond acceptors (Lipinski definition) is 7. The van der Waals surface area contributed by atoms with E-state index in [1.165, 1.54) is 4.31 Å². The van der Waals surface area contributed by atoms with Gasteiger partial charge in [0.1, 0.15) is 6.10 Å². The molecule has 0 radical (unpaired) electrons. The van der Waals surface area contributed by atoms with Crippen LogP contribution >= 0.6 is 0 Å². The normalized spacial score (nSPS) is 20.8. The summed E-state index contributed by atoms with van der Waals surface area (Å²) in [6.07, 6.45) is 5.23. The van der Waals surface area contributed by atoms with Crippen LogP contribution in [0, 0.1) is 0 Å². The highest BCUT2D eigenvalue weighted by atomic mass is 32.2. The third-order valence-corrected chi connectivity index (χ3v) is 7.96. The first-order chi connectivity index (χ1) is 14.8. The Bertz CT molecular complexity index is 1150. The van der Waals surface area contributed by atoms with Gasteiger partial charge in [-0.2, -0.15) is 9.29 Å².